The van der Waals surface area contributed by atoms with Crippen LogP contribution in [0.5, 0.6) is 0 Å². The smallest absolute Gasteiger partial charge is 0.0599 e. The van der Waals surface area contributed by atoms with E-state index >= 15 is 0 Å². The quantitative estimate of drug-likeness (QED) is 0.568. The molecule has 0 heterocycles. The SMILES string of the molecule is CC1=CCC2(C)C(O)CCCC2C1. The minimum Gasteiger partial charge on any atom is -0.393 e. The highest BCUT2D eigenvalue weighted by Gasteiger charge is 2.43. The maximum absolute atomic E-state index is 10.0. The Balaban J connectivity index is 2.23. The lowest BCUT2D eigenvalue weighted by atomic mass is 9.60. The number of hydrogen-bond donors (Lipinski definition) is 1. The monoisotopic (exact) mass is 180 g/mol. The van der Waals surface area contributed by atoms with Gasteiger partial charge in [0.1, 0.15) is 0 Å². The molecule has 1 fully saturated rings. The summed E-state index contributed by atoms with van der Waals surface area (Å²) in [6.07, 6.45) is 8.12. The number of allylic oxidation sites excluding steroid dienone is 2. The average Bonchev–Trinajstić information content (AvgIpc) is 2.09. The fraction of sp³-hybridized carbons (Fsp3) is 0.833. The van der Waals surface area contributed by atoms with E-state index in [9.17, 15) is 5.11 Å². The standard InChI is InChI=1S/C12H20O/c1-9-6-7-12(2)10(8-9)4-3-5-11(12)13/h6,10-11,13H,3-5,7-8H2,1-2H3. The van der Waals surface area contributed by atoms with Gasteiger partial charge in [-0.2, -0.15) is 0 Å². The van der Waals surface area contributed by atoms with Crippen molar-refractivity contribution < 1.29 is 5.11 Å². The second-order valence-electron chi connectivity index (χ2n) is 5.11. The molecule has 0 saturated heterocycles. The van der Waals surface area contributed by atoms with Gasteiger partial charge >= 0.3 is 0 Å². The molecule has 2 rings (SSSR count). The zero-order valence-corrected chi connectivity index (χ0v) is 8.71. The zero-order chi connectivity index (χ0) is 9.47. The second kappa shape index (κ2) is 3.13. The lowest BCUT2D eigenvalue weighted by molar-refractivity contribution is -0.0443. The molecular weight excluding hydrogens is 160 g/mol. The molecule has 1 N–H and O–H groups in total. The maximum Gasteiger partial charge on any atom is 0.0599 e. The lowest BCUT2D eigenvalue weighted by Gasteiger charge is -2.47. The van der Waals surface area contributed by atoms with Gasteiger partial charge in [0.05, 0.1) is 6.10 Å². The van der Waals surface area contributed by atoms with Crippen LogP contribution < -0.4 is 0 Å². The van der Waals surface area contributed by atoms with Crippen LogP contribution in [0.3, 0.4) is 0 Å². The number of fused-ring (bicyclic) bond motifs is 1. The van der Waals surface area contributed by atoms with Gasteiger partial charge in [-0.15, -0.1) is 0 Å². The molecule has 3 unspecified atom stereocenters. The largest absolute Gasteiger partial charge is 0.393 e. The van der Waals surface area contributed by atoms with Gasteiger partial charge in [0, 0.05) is 5.41 Å². The second-order valence-corrected chi connectivity index (χ2v) is 5.11. The van der Waals surface area contributed by atoms with E-state index in [4.69, 9.17) is 0 Å². The first-order chi connectivity index (χ1) is 6.13. The highest BCUT2D eigenvalue weighted by Crippen LogP contribution is 2.49. The van der Waals surface area contributed by atoms with Crippen molar-refractivity contribution in [3.8, 4) is 0 Å². The number of aliphatic hydroxyl groups excluding tert-OH is 1. The van der Waals surface area contributed by atoms with E-state index in [1.54, 1.807) is 0 Å². The topological polar surface area (TPSA) is 20.2 Å². The normalized spacial score (nSPS) is 45.3. The van der Waals surface area contributed by atoms with Crippen LogP contribution in [0.25, 0.3) is 0 Å². The summed E-state index contributed by atoms with van der Waals surface area (Å²) >= 11 is 0. The number of hydrogen-bond acceptors (Lipinski definition) is 1. The predicted octanol–water partition coefficient (Wildman–Crippen LogP) is 2.89. The van der Waals surface area contributed by atoms with E-state index in [-0.39, 0.29) is 11.5 Å². The summed E-state index contributed by atoms with van der Waals surface area (Å²) in [6.45, 7) is 4.49. The fourth-order valence-corrected chi connectivity index (χ4v) is 2.99. The van der Waals surface area contributed by atoms with E-state index in [1.165, 1.54) is 24.8 Å². The Morgan fingerprint density at radius 3 is 3.00 bits per heavy atom. The first-order valence-corrected chi connectivity index (χ1v) is 5.46. The molecule has 3 atom stereocenters. The van der Waals surface area contributed by atoms with Gasteiger partial charge in [-0.3, -0.25) is 0 Å². The van der Waals surface area contributed by atoms with Crippen LogP contribution >= 0.6 is 0 Å². The van der Waals surface area contributed by atoms with Crippen molar-refractivity contribution in [1.82, 2.24) is 0 Å². The Bertz CT molecular complexity index is 231. The molecule has 2 aliphatic carbocycles. The molecule has 1 heteroatoms. The van der Waals surface area contributed by atoms with Crippen molar-refractivity contribution in [2.24, 2.45) is 11.3 Å². The summed E-state index contributed by atoms with van der Waals surface area (Å²) in [5.41, 5.74) is 1.72. The zero-order valence-electron chi connectivity index (χ0n) is 8.71. The molecule has 1 saturated carbocycles. The molecule has 2 aliphatic rings. The van der Waals surface area contributed by atoms with Crippen LogP contribution in [0.2, 0.25) is 0 Å². The van der Waals surface area contributed by atoms with Gasteiger partial charge in [-0.05, 0) is 38.5 Å². The van der Waals surface area contributed by atoms with E-state index in [2.05, 4.69) is 19.9 Å². The highest BCUT2D eigenvalue weighted by molar-refractivity contribution is 5.12. The molecule has 74 valence electrons. The van der Waals surface area contributed by atoms with Gasteiger partial charge < -0.3 is 5.11 Å². The van der Waals surface area contributed by atoms with Crippen LogP contribution in [-0.4, -0.2) is 11.2 Å². The minimum atomic E-state index is -0.0596. The van der Waals surface area contributed by atoms with Crippen LogP contribution in [0.15, 0.2) is 11.6 Å². The van der Waals surface area contributed by atoms with Crippen molar-refractivity contribution in [2.75, 3.05) is 0 Å². The Kier molecular flexibility index (Phi) is 2.23. The van der Waals surface area contributed by atoms with E-state index < -0.39 is 0 Å². The Hall–Kier alpha value is -0.300. The average molecular weight is 180 g/mol. The van der Waals surface area contributed by atoms with Crippen molar-refractivity contribution in [2.45, 2.75) is 52.1 Å². The van der Waals surface area contributed by atoms with Gasteiger partial charge in [-0.25, -0.2) is 0 Å². The van der Waals surface area contributed by atoms with Crippen molar-refractivity contribution in [3.05, 3.63) is 11.6 Å². The summed E-state index contributed by atoms with van der Waals surface area (Å²) in [7, 11) is 0. The van der Waals surface area contributed by atoms with Gasteiger partial charge in [-0.1, -0.05) is 25.0 Å². The fourth-order valence-electron chi connectivity index (χ4n) is 2.99. The predicted molar refractivity (Wildman–Crippen MR) is 54.4 cm³/mol. The molecule has 1 nitrogen and oxygen atoms in total. The summed E-state index contributed by atoms with van der Waals surface area (Å²) in [5, 5.41) is 10.0. The van der Waals surface area contributed by atoms with Crippen LogP contribution in [0.4, 0.5) is 0 Å². The van der Waals surface area contributed by atoms with Crippen molar-refractivity contribution in [1.29, 1.82) is 0 Å². The molecule has 0 aliphatic heterocycles. The molecule has 0 aromatic heterocycles. The molecule has 0 spiro atoms. The molecule has 13 heavy (non-hydrogen) atoms. The van der Waals surface area contributed by atoms with Gasteiger partial charge in [0.2, 0.25) is 0 Å². The van der Waals surface area contributed by atoms with E-state index in [0.717, 1.165) is 18.8 Å². The van der Waals surface area contributed by atoms with Gasteiger partial charge in [0.25, 0.3) is 0 Å². The molecule has 0 aromatic carbocycles. The lowest BCUT2D eigenvalue weighted by Crippen LogP contribution is -2.43. The summed E-state index contributed by atoms with van der Waals surface area (Å²) in [5.74, 6) is 0.737. The van der Waals surface area contributed by atoms with Crippen molar-refractivity contribution >= 4 is 0 Å². The summed E-state index contributed by atoms with van der Waals surface area (Å²) in [6, 6.07) is 0. The maximum atomic E-state index is 10.0. The molecule has 0 amide bonds. The molecular formula is C12H20O. The third kappa shape index (κ3) is 1.43. The Morgan fingerprint density at radius 1 is 1.46 bits per heavy atom. The van der Waals surface area contributed by atoms with Crippen molar-refractivity contribution in [3.63, 3.8) is 0 Å². The summed E-state index contributed by atoms with van der Waals surface area (Å²) in [4.78, 5) is 0. The summed E-state index contributed by atoms with van der Waals surface area (Å²) < 4.78 is 0. The first kappa shape index (κ1) is 9.26. The van der Waals surface area contributed by atoms with Gasteiger partial charge in [0.15, 0.2) is 0 Å². The minimum absolute atomic E-state index is 0.0596. The third-order valence-electron chi connectivity index (χ3n) is 4.18. The van der Waals surface area contributed by atoms with E-state index in [1.807, 2.05) is 0 Å². The molecule has 0 bridgehead atoms. The number of rotatable bonds is 0. The number of aliphatic hydroxyl groups is 1. The van der Waals surface area contributed by atoms with Crippen LogP contribution in [0, 0.1) is 11.3 Å². The Labute approximate surface area is 80.8 Å². The van der Waals surface area contributed by atoms with Crippen LogP contribution in [0.1, 0.15) is 46.0 Å². The first-order valence-electron chi connectivity index (χ1n) is 5.46. The van der Waals surface area contributed by atoms with E-state index in [0.29, 0.717) is 0 Å². The molecule has 0 aromatic rings. The molecule has 0 radical (unpaired) electrons. The third-order valence-corrected chi connectivity index (χ3v) is 4.18. The Morgan fingerprint density at radius 2 is 2.23 bits per heavy atom. The van der Waals surface area contributed by atoms with Crippen LogP contribution in [-0.2, 0) is 0 Å². The highest BCUT2D eigenvalue weighted by atomic mass is 16.3.